The Balaban J connectivity index is 1.99. The Hall–Kier alpha value is -5.05. The summed E-state index contributed by atoms with van der Waals surface area (Å²) in [7, 11) is 2.39. The molecule has 0 aliphatic carbocycles. The molecule has 1 amide bonds. The Morgan fingerprint density at radius 1 is 0.927 bits per heavy atom. The van der Waals surface area contributed by atoms with Crippen LogP contribution >= 0.6 is 0 Å². The van der Waals surface area contributed by atoms with E-state index in [9.17, 15) is 23.3 Å². The Kier molecular flexibility index (Phi) is 9.92. The second-order valence-electron chi connectivity index (χ2n) is 8.03. The summed E-state index contributed by atoms with van der Waals surface area (Å²) in [6, 6.07) is 12.2. The first-order valence-electron chi connectivity index (χ1n) is 11.7. The minimum Gasteiger partial charge on any atom is -0.497 e. The molecule has 0 fully saturated rings. The smallest absolute Gasteiger partial charge is 0.289 e. The zero-order chi connectivity index (χ0) is 30.2. The number of carbonyl (C=O) groups excluding carboxylic acids is 1. The molecule has 1 N–H and O–H groups in total. The van der Waals surface area contributed by atoms with Crippen LogP contribution in [0.2, 0.25) is 0 Å². The van der Waals surface area contributed by atoms with E-state index in [1.807, 2.05) is 0 Å². The van der Waals surface area contributed by atoms with Crippen molar-refractivity contribution >= 4 is 33.5 Å². The summed E-state index contributed by atoms with van der Waals surface area (Å²) in [6.45, 7) is -0.802. The number of hydrogen-bond donors (Lipinski definition) is 1. The maximum absolute atomic E-state index is 13.8. The van der Waals surface area contributed by atoms with E-state index >= 15 is 0 Å². The highest BCUT2D eigenvalue weighted by Crippen LogP contribution is 2.38. The highest BCUT2D eigenvalue weighted by atomic mass is 32.2. The van der Waals surface area contributed by atoms with Crippen LogP contribution < -0.4 is 33.4 Å². The third kappa shape index (κ3) is 6.75. The molecule has 0 aliphatic rings. The van der Waals surface area contributed by atoms with Crippen molar-refractivity contribution in [2.75, 3.05) is 46.4 Å². The monoisotopic (exact) mass is 588 g/mol. The first kappa shape index (κ1) is 30.5. The topological polar surface area (TPSA) is 168 Å². The Bertz CT molecular complexity index is 1530. The van der Waals surface area contributed by atoms with Gasteiger partial charge in [0, 0.05) is 17.7 Å². The fourth-order valence-electron chi connectivity index (χ4n) is 3.76. The van der Waals surface area contributed by atoms with E-state index in [1.54, 1.807) is 12.1 Å². The molecule has 0 saturated carbocycles. The normalized spacial score (nSPS) is 11.0. The van der Waals surface area contributed by atoms with Crippen LogP contribution in [0.4, 0.5) is 11.4 Å². The Labute approximate surface area is 236 Å². The molecule has 0 radical (unpaired) electrons. The number of para-hydroxylation sites is 1. The van der Waals surface area contributed by atoms with E-state index in [-0.39, 0.29) is 11.4 Å². The lowest BCUT2D eigenvalue weighted by Gasteiger charge is -2.25. The minimum atomic E-state index is -4.67. The second-order valence-corrected chi connectivity index (χ2v) is 9.86. The maximum atomic E-state index is 13.8. The van der Waals surface area contributed by atoms with Gasteiger partial charge in [0.15, 0.2) is 16.4 Å². The van der Waals surface area contributed by atoms with Gasteiger partial charge in [-0.1, -0.05) is 12.1 Å². The highest BCUT2D eigenvalue weighted by molar-refractivity contribution is 7.93. The zero-order valence-corrected chi connectivity index (χ0v) is 23.6. The number of ether oxygens (including phenoxy) is 5. The van der Waals surface area contributed by atoms with E-state index in [0.717, 1.165) is 12.1 Å². The van der Waals surface area contributed by atoms with Crippen LogP contribution in [0.1, 0.15) is 5.56 Å². The van der Waals surface area contributed by atoms with E-state index in [0.29, 0.717) is 32.9 Å². The van der Waals surface area contributed by atoms with E-state index in [4.69, 9.17) is 23.7 Å². The number of benzene rings is 3. The summed E-state index contributed by atoms with van der Waals surface area (Å²) in [5.74, 6) is 0.614. The fourth-order valence-corrected chi connectivity index (χ4v) is 5.35. The molecule has 0 unspecified atom stereocenters. The molecule has 3 rings (SSSR count). The number of methoxy groups -OCH3 is 5. The van der Waals surface area contributed by atoms with Crippen LogP contribution in [0, 0.1) is 10.1 Å². The van der Waals surface area contributed by atoms with Gasteiger partial charge < -0.3 is 23.7 Å². The fraction of sp³-hybridized carbons (Fsp3) is 0.231. The molecule has 0 heterocycles. The lowest BCUT2D eigenvalue weighted by Crippen LogP contribution is -2.40. The summed E-state index contributed by atoms with van der Waals surface area (Å²) in [5.41, 5.74) is 2.02. The summed E-state index contributed by atoms with van der Waals surface area (Å²) in [5, 5.41) is 15.5. The van der Waals surface area contributed by atoms with Crippen molar-refractivity contribution in [2.45, 2.75) is 4.90 Å². The number of nitro groups is 1. The quantitative estimate of drug-likeness (QED) is 0.178. The van der Waals surface area contributed by atoms with Crippen LogP contribution in [0.25, 0.3) is 0 Å². The Morgan fingerprint density at radius 2 is 1.56 bits per heavy atom. The SMILES string of the molecule is COc1ccc(N(CC(=O)N/N=C\c2cc(OC)c(OC)c(OC)c2)S(=O)(=O)c2ccccc2[N+](=O)[O-])c(OC)c1. The van der Waals surface area contributed by atoms with Gasteiger partial charge in [0.1, 0.15) is 18.0 Å². The molecular weight excluding hydrogens is 560 g/mol. The van der Waals surface area contributed by atoms with Crippen LogP contribution in [0.15, 0.2) is 64.6 Å². The van der Waals surface area contributed by atoms with Crippen molar-refractivity contribution in [1.82, 2.24) is 5.43 Å². The molecule has 3 aromatic carbocycles. The number of hydrogen-bond acceptors (Lipinski definition) is 11. The summed E-state index contributed by atoms with van der Waals surface area (Å²) >= 11 is 0. The number of nitrogens with zero attached hydrogens (tertiary/aromatic N) is 3. The summed E-state index contributed by atoms with van der Waals surface area (Å²) in [6.07, 6.45) is 1.29. The largest absolute Gasteiger partial charge is 0.497 e. The van der Waals surface area contributed by atoms with Gasteiger partial charge in [-0.25, -0.2) is 13.8 Å². The predicted molar refractivity (Wildman–Crippen MR) is 149 cm³/mol. The average Bonchev–Trinajstić information content (AvgIpc) is 2.98. The summed E-state index contributed by atoms with van der Waals surface area (Å²) in [4.78, 5) is 23.2. The van der Waals surface area contributed by atoms with E-state index < -0.39 is 38.0 Å². The lowest BCUT2D eigenvalue weighted by atomic mass is 10.2. The zero-order valence-electron chi connectivity index (χ0n) is 22.8. The van der Waals surface area contributed by atoms with Crippen molar-refractivity contribution in [3.8, 4) is 28.7 Å². The van der Waals surface area contributed by atoms with Gasteiger partial charge in [-0.15, -0.1) is 0 Å². The van der Waals surface area contributed by atoms with Crippen molar-refractivity contribution in [1.29, 1.82) is 0 Å². The molecule has 0 saturated heterocycles. The number of carbonyl (C=O) groups is 1. The number of nitrogens with one attached hydrogen (secondary N) is 1. The third-order valence-electron chi connectivity index (χ3n) is 5.66. The molecule has 0 aliphatic heterocycles. The predicted octanol–water partition coefficient (Wildman–Crippen LogP) is 2.98. The lowest BCUT2D eigenvalue weighted by molar-refractivity contribution is -0.387. The number of amides is 1. The molecule has 15 heteroatoms. The average molecular weight is 589 g/mol. The first-order chi connectivity index (χ1) is 19.6. The van der Waals surface area contributed by atoms with Crippen LogP contribution in [0.3, 0.4) is 0 Å². The molecule has 41 heavy (non-hydrogen) atoms. The van der Waals surface area contributed by atoms with Crippen LogP contribution in [-0.4, -0.2) is 67.6 Å². The van der Waals surface area contributed by atoms with Gasteiger partial charge in [0.05, 0.1) is 52.4 Å². The van der Waals surface area contributed by atoms with Gasteiger partial charge in [0.2, 0.25) is 5.75 Å². The second kappa shape index (κ2) is 13.3. The van der Waals surface area contributed by atoms with Gasteiger partial charge in [0.25, 0.3) is 21.6 Å². The maximum Gasteiger partial charge on any atom is 0.289 e. The molecule has 0 bridgehead atoms. The molecule has 0 spiro atoms. The van der Waals surface area contributed by atoms with Crippen LogP contribution in [-0.2, 0) is 14.8 Å². The van der Waals surface area contributed by atoms with Gasteiger partial charge in [-0.05, 0) is 30.3 Å². The van der Waals surface area contributed by atoms with Crippen molar-refractivity contribution in [3.05, 3.63) is 70.3 Å². The Morgan fingerprint density at radius 3 is 2.12 bits per heavy atom. The number of nitro benzene ring substituents is 1. The van der Waals surface area contributed by atoms with Gasteiger partial charge >= 0.3 is 0 Å². The third-order valence-corrected chi connectivity index (χ3v) is 7.47. The minimum absolute atomic E-state index is 0.0419. The molecule has 14 nitrogen and oxygen atoms in total. The van der Waals surface area contributed by atoms with Crippen molar-refractivity contribution in [3.63, 3.8) is 0 Å². The number of rotatable bonds is 13. The van der Waals surface area contributed by atoms with E-state index in [2.05, 4.69) is 10.5 Å². The number of hydrazone groups is 1. The number of sulfonamides is 1. The first-order valence-corrected chi connectivity index (χ1v) is 13.1. The molecular formula is C26H28N4O10S. The van der Waals surface area contributed by atoms with Crippen molar-refractivity contribution in [2.24, 2.45) is 5.10 Å². The molecule has 0 aromatic heterocycles. The van der Waals surface area contributed by atoms with Crippen molar-refractivity contribution < 1.29 is 41.8 Å². The highest BCUT2D eigenvalue weighted by Gasteiger charge is 2.34. The van der Waals surface area contributed by atoms with E-state index in [1.165, 1.54) is 72.1 Å². The standard InChI is InChI=1S/C26H28N4O10S/c1-36-18-10-11-19(21(14-18)37-2)29(41(34,35)24-9-7-6-8-20(24)30(32)33)16-25(31)28-27-15-17-12-22(38-3)26(40-5)23(13-17)39-4/h6-15H,16H2,1-5H3,(H,28,31)/b27-15-. The molecule has 3 aromatic rings. The van der Waals surface area contributed by atoms with Gasteiger partial charge in [-0.3, -0.25) is 19.2 Å². The summed E-state index contributed by atoms with van der Waals surface area (Å²) < 4.78 is 54.7. The number of anilines is 1. The molecule has 218 valence electrons. The molecule has 0 atom stereocenters. The van der Waals surface area contributed by atoms with Gasteiger partial charge in [-0.2, -0.15) is 5.10 Å². The van der Waals surface area contributed by atoms with Crippen LogP contribution in [0.5, 0.6) is 28.7 Å².